The molecule has 0 saturated carbocycles. The van der Waals surface area contributed by atoms with Crippen molar-refractivity contribution in [2.75, 3.05) is 5.73 Å². The fraction of sp³-hybridized carbons (Fsp3) is 0.0833. The van der Waals surface area contributed by atoms with E-state index in [0.717, 1.165) is 10.0 Å². The second kappa shape index (κ2) is 4.71. The number of nitrogens with zero attached hydrogens (tertiary/aromatic N) is 1. The summed E-state index contributed by atoms with van der Waals surface area (Å²) in [5.74, 6) is 0.275. The van der Waals surface area contributed by atoms with E-state index in [-0.39, 0.29) is 5.69 Å². The van der Waals surface area contributed by atoms with Gasteiger partial charge in [-0.05, 0) is 40.5 Å². The van der Waals surface area contributed by atoms with E-state index in [0.29, 0.717) is 11.6 Å². The van der Waals surface area contributed by atoms with Crippen molar-refractivity contribution < 1.29 is 9.13 Å². The molecule has 2 N–H and O–H groups in total. The number of anilines is 1. The van der Waals surface area contributed by atoms with Crippen LogP contribution < -0.4 is 10.5 Å². The van der Waals surface area contributed by atoms with Crippen LogP contribution in [0.4, 0.5) is 10.1 Å². The van der Waals surface area contributed by atoms with Crippen LogP contribution in [-0.2, 0) is 0 Å². The molecule has 2 rings (SSSR count). The van der Waals surface area contributed by atoms with E-state index >= 15 is 0 Å². The highest BCUT2D eigenvalue weighted by atomic mass is 79.9. The summed E-state index contributed by atoms with van der Waals surface area (Å²) in [7, 11) is 0. The lowest BCUT2D eigenvalue weighted by Crippen LogP contribution is -1.93. The summed E-state index contributed by atoms with van der Waals surface area (Å²) in [6.45, 7) is 1.92. The predicted octanol–water partition coefficient (Wildman–Crippen LogP) is 3.67. The number of pyridine rings is 1. The zero-order valence-corrected chi connectivity index (χ0v) is 10.7. The molecule has 0 bridgehead atoms. The van der Waals surface area contributed by atoms with Crippen LogP contribution in [0, 0.1) is 12.7 Å². The lowest BCUT2D eigenvalue weighted by atomic mass is 10.3. The van der Waals surface area contributed by atoms with Gasteiger partial charge < -0.3 is 10.5 Å². The highest BCUT2D eigenvalue weighted by Gasteiger charge is 2.04. The first-order valence-corrected chi connectivity index (χ1v) is 5.70. The van der Waals surface area contributed by atoms with Gasteiger partial charge >= 0.3 is 0 Å². The molecule has 17 heavy (non-hydrogen) atoms. The first kappa shape index (κ1) is 11.9. The Morgan fingerprint density at radius 3 is 2.76 bits per heavy atom. The number of aromatic nitrogens is 1. The minimum Gasteiger partial charge on any atom is -0.439 e. The first-order valence-electron chi connectivity index (χ1n) is 4.91. The van der Waals surface area contributed by atoms with Crippen molar-refractivity contribution in [3.8, 4) is 11.6 Å². The van der Waals surface area contributed by atoms with Crippen LogP contribution in [0.15, 0.2) is 34.9 Å². The SMILES string of the molecule is Cc1cc(Oc2ccc(N)c(F)c2)ncc1Br. The third-order valence-electron chi connectivity index (χ3n) is 2.22. The Morgan fingerprint density at radius 2 is 2.12 bits per heavy atom. The Balaban J connectivity index is 2.25. The molecule has 1 aromatic carbocycles. The molecule has 1 aromatic heterocycles. The number of hydrogen-bond donors (Lipinski definition) is 1. The van der Waals surface area contributed by atoms with Crippen LogP contribution in [0.25, 0.3) is 0 Å². The Hall–Kier alpha value is -1.62. The molecule has 0 atom stereocenters. The number of rotatable bonds is 2. The third-order valence-corrected chi connectivity index (χ3v) is 3.05. The van der Waals surface area contributed by atoms with Crippen molar-refractivity contribution in [1.82, 2.24) is 4.98 Å². The first-order chi connectivity index (χ1) is 8.06. The van der Waals surface area contributed by atoms with Gasteiger partial charge in [0.05, 0.1) is 5.69 Å². The predicted molar refractivity (Wildman–Crippen MR) is 67.6 cm³/mol. The van der Waals surface area contributed by atoms with E-state index < -0.39 is 5.82 Å². The molecule has 0 saturated heterocycles. The monoisotopic (exact) mass is 296 g/mol. The standard InChI is InChI=1S/C12H10BrFN2O/c1-7-4-12(16-6-9(7)13)17-8-2-3-11(15)10(14)5-8/h2-6H,15H2,1H3. The molecular formula is C12H10BrFN2O. The maximum Gasteiger partial charge on any atom is 0.219 e. The molecule has 3 nitrogen and oxygen atoms in total. The van der Waals surface area contributed by atoms with Crippen molar-refractivity contribution in [1.29, 1.82) is 0 Å². The van der Waals surface area contributed by atoms with Gasteiger partial charge in [-0.15, -0.1) is 0 Å². The van der Waals surface area contributed by atoms with Gasteiger partial charge in [0.25, 0.3) is 0 Å². The zero-order chi connectivity index (χ0) is 12.4. The van der Waals surface area contributed by atoms with E-state index in [1.54, 1.807) is 18.3 Å². The van der Waals surface area contributed by atoms with Gasteiger partial charge in [0.2, 0.25) is 5.88 Å². The summed E-state index contributed by atoms with van der Waals surface area (Å²) in [4.78, 5) is 4.06. The van der Waals surface area contributed by atoms with Crippen LogP contribution in [0.3, 0.4) is 0 Å². The maximum absolute atomic E-state index is 13.2. The average molecular weight is 297 g/mol. The Bertz CT molecular complexity index is 511. The van der Waals surface area contributed by atoms with Gasteiger partial charge in [0, 0.05) is 22.8 Å². The number of aryl methyl sites for hydroxylation is 1. The minimum atomic E-state index is -0.503. The smallest absolute Gasteiger partial charge is 0.219 e. The summed E-state index contributed by atoms with van der Waals surface area (Å²) in [6.07, 6.45) is 1.64. The number of nitrogens with two attached hydrogens (primary N) is 1. The molecule has 0 spiro atoms. The number of ether oxygens (including phenoxy) is 1. The molecule has 0 aliphatic carbocycles. The van der Waals surface area contributed by atoms with Crippen LogP contribution in [0.2, 0.25) is 0 Å². The van der Waals surface area contributed by atoms with Gasteiger partial charge in [-0.3, -0.25) is 0 Å². The van der Waals surface area contributed by atoms with Gasteiger partial charge in [-0.1, -0.05) is 0 Å². The molecule has 5 heteroatoms. The maximum atomic E-state index is 13.2. The number of benzene rings is 1. The second-order valence-electron chi connectivity index (χ2n) is 3.56. The molecule has 88 valence electrons. The molecule has 1 heterocycles. The number of halogens is 2. The fourth-order valence-corrected chi connectivity index (χ4v) is 1.48. The second-order valence-corrected chi connectivity index (χ2v) is 4.41. The van der Waals surface area contributed by atoms with Crippen LogP contribution in [-0.4, -0.2) is 4.98 Å². The zero-order valence-electron chi connectivity index (χ0n) is 9.08. The third kappa shape index (κ3) is 2.74. The van der Waals surface area contributed by atoms with E-state index in [1.807, 2.05) is 6.92 Å². The van der Waals surface area contributed by atoms with Crippen molar-refractivity contribution in [2.24, 2.45) is 0 Å². The summed E-state index contributed by atoms with van der Waals surface area (Å²) < 4.78 is 19.5. The van der Waals surface area contributed by atoms with Crippen molar-refractivity contribution in [3.05, 3.63) is 46.3 Å². The largest absolute Gasteiger partial charge is 0.439 e. The van der Waals surface area contributed by atoms with Crippen molar-refractivity contribution in [2.45, 2.75) is 6.92 Å². The summed E-state index contributed by atoms with van der Waals surface area (Å²) >= 11 is 3.34. The van der Waals surface area contributed by atoms with Gasteiger partial charge in [-0.25, -0.2) is 9.37 Å². The lowest BCUT2D eigenvalue weighted by Gasteiger charge is -2.06. The Labute approximate surface area is 107 Å². The van der Waals surface area contributed by atoms with E-state index in [2.05, 4.69) is 20.9 Å². The summed E-state index contributed by atoms with van der Waals surface area (Å²) in [5, 5.41) is 0. The number of nitrogen functional groups attached to an aromatic ring is 1. The van der Waals surface area contributed by atoms with E-state index in [4.69, 9.17) is 10.5 Å². The quantitative estimate of drug-likeness (QED) is 0.860. The number of hydrogen-bond acceptors (Lipinski definition) is 3. The normalized spacial score (nSPS) is 10.3. The minimum absolute atomic E-state index is 0.0947. The molecule has 0 fully saturated rings. The molecule has 0 aliphatic rings. The highest BCUT2D eigenvalue weighted by molar-refractivity contribution is 9.10. The molecule has 0 radical (unpaired) electrons. The topological polar surface area (TPSA) is 48.1 Å². The van der Waals surface area contributed by atoms with Crippen LogP contribution in [0.5, 0.6) is 11.6 Å². The molecular weight excluding hydrogens is 287 g/mol. The van der Waals surface area contributed by atoms with Gasteiger partial charge in [-0.2, -0.15) is 0 Å². The summed E-state index contributed by atoms with van der Waals surface area (Å²) in [5.41, 5.74) is 6.46. The van der Waals surface area contributed by atoms with Crippen molar-refractivity contribution >= 4 is 21.6 Å². The van der Waals surface area contributed by atoms with E-state index in [1.165, 1.54) is 12.1 Å². The van der Waals surface area contributed by atoms with Crippen LogP contribution >= 0.6 is 15.9 Å². The lowest BCUT2D eigenvalue weighted by molar-refractivity contribution is 0.458. The fourth-order valence-electron chi connectivity index (χ4n) is 1.26. The Kier molecular flexibility index (Phi) is 3.28. The molecule has 0 unspecified atom stereocenters. The molecule has 2 aromatic rings. The summed E-state index contributed by atoms with van der Waals surface area (Å²) in [6, 6.07) is 6.04. The van der Waals surface area contributed by atoms with Crippen LogP contribution in [0.1, 0.15) is 5.56 Å². The van der Waals surface area contributed by atoms with Gasteiger partial charge in [0.1, 0.15) is 11.6 Å². The molecule has 0 aliphatic heterocycles. The average Bonchev–Trinajstić information content (AvgIpc) is 2.29. The highest BCUT2D eigenvalue weighted by Crippen LogP contribution is 2.25. The molecule has 0 amide bonds. The van der Waals surface area contributed by atoms with Gasteiger partial charge in [0.15, 0.2) is 0 Å². The Morgan fingerprint density at radius 1 is 1.35 bits per heavy atom. The van der Waals surface area contributed by atoms with Crippen molar-refractivity contribution in [3.63, 3.8) is 0 Å². The van der Waals surface area contributed by atoms with E-state index in [9.17, 15) is 4.39 Å².